The first-order valence-corrected chi connectivity index (χ1v) is 11.4. The van der Waals surface area contributed by atoms with Crippen LogP contribution < -0.4 is 4.74 Å². The van der Waals surface area contributed by atoms with E-state index in [2.05, 4.69) is 0 Å². The zero-order chi connectivity index (χ0) is 22.6. The van der Waals surface area contributed by atoms with E-state index < -0.39 is 51.5 Å². The van der Waals surface area contributed by atoms with Gasteiger partial charge in [0.25, 0.3) is 0 Å². The van der Waals surface area contributed by atoms with Gasteiger partial charge in [-0.25, -0.2) is 13.2 Å². The summed E-state index contributed by atoms with van der Waals surface area (Å²) in [4.78, 5) is 12.1. The molecule has 0 bridgehead atoms. The first-order chi connectivity index (χ1) is 13.9. The minimum Gasteiger partial charge on any atom is -0.748 e. The fourth-order valence-corrected chi connectivity index (χ4v) is 3.98. The maximum atomic E-state index is 13.5. The van der Waals surface area contributed by atoms with E-state index in [1.165, 1.54) is 0 Å². The van der Waals surface area contributed by atoms with Gasteiger partial charge in [0.05, 0.1) is 27.0 Å². The molecule has 10 heteroatoms. The van der Waals surface area contributed by atoms with E-state index in [1.54, 1.807) is 6.92 Å². The second-order valence-electron chi connectivity index (χ2n) is 7.71. The number of ether oxygens (including phenoxy) is 2. The minimum atomic E-state index is -4.68. The zero-order valence-corrected chi connectivity index (χ0v) is 17.8. The van der Waals surface area contributed by atoms with Crippen LogP contribution in [0.15, 0.2) is 18.2 Å². The lowest BCUT2D eigenvalue weighted by Crippen LogP contribution is -2.41. The van der Waals surface area contributed by atoms with Crippen LogP contribution in [-0.4, -0.2) is 36.9 Å². The van der Waals surface area contributed by atoms with Crippen LogP contribution in [0.4, 0.5) is 13.2 Å². The van der Waals surface area contributed by atoms with Crippen molar-refractivity contribution in [3.63, 3.8) is 0 Å². The quantitative estimate of drug-likeness (QED) is 0.426. The highest BCUT2D eigenvalue weighted by Crippen LogP contribution is 2.42. The predicted octanol–water partition coefficient (Wildman–Crippen LogP) is 4.54. The maximum Gasteiger partial charge on any atom is 0.419 e. The lowest BCUT2D eigenvalue weighted by Gasteiger charge is -2.40. The van der Waals surface area contributed by atoms with Gasteiger partial charge in [0.1, 0.15) is 18.0 Å². The maximum absolute atomic E-state index is 13.5. The topological polar surface area (TPSA) is 92.7 Å². The average molecular weight is 451 g/mol. The van der Waals surface area contributed by atoms with Crippen molar-refractivity contribution >= 4 is 16.1 Å². The van der Waals surface area contributed by atoms with Crippen LogP contribution >= 0.6 is 0 Å². The molecule has 30 heavy (non-hydrogen) atoms. The molecule has 0 heterocycles. The largest absolute Gasteiger partial charge is 0.748 e. The van der Waals surface area contributed by atoms with Gasteiger partial charge in [-0.05, 0) is 50.3 Å². The first-order valence-electron chi connectivity index (χ1n) is 9.86. The summed E-state index contributed by atoms with van der Waals surface area (Å²) < 4.78 is 83.1. The number of alkyl halides is 3. The number of hydrogen-bond acceptors (Lipinski definition) is 6. The molecule has 1 aliphatic rings. The molecule has 1 atom stereocenters. The Hall–Kier alpha value is -1.81. The van der Waals surface area contributed by atoms with E-state index in [0.717, 1.165) is 50.3 Å². The highest BCUT2D eigenvalue weighted by Gasteiger charge is 2.40. The molecule has 1 aliphatic carbocycles. The molecule has 2 rings (SSSR count). The van der Waals surface area contributed by atoms with Gasteiger partial charge >= 0.3 is 12.1 Å². The number of hydrogen-bond donors (Lipinski definition) is 0. The van der Waals surface area contributed by atoms with Crippen LogP contribution in [0.1, 0.15) is 68.3 Å². The van der Waals surface area contributed by atoms with Gasteiger partial charge in [-0.1, -0.05) is 26.2 Å². The Morgan fingerprint density at radius 2 is 1.83 bits per heavy atom. The van der Waals surface area contributed by atoms with Crippen molar-refractivity contribution in [3.05, 3.63) is 29.3 Å². The Kier molecular flexibility index (Phi) is 7.79. The summed E-state index contributed by atoms with van der Waals surface area (Å²) in [6.45, 7) is 2.95. The third-order valence-corrected chi connectivity index (χ3v) is 6.27. The van der Waals surface area contributed by atoms with E-state index in [1.807, 2.05) is 6.92 Å². The third kappa shape index (κ3) is 6.60. The van der Waals surface area contributed by atoms with Crippen molar-refractivity contribution in [2.75, 3.05) is 12.4 Å². The molecule has 6 nitrogen and oxygen atoms in total. The van der Waals surface area contributed by atoms with Crippen molar-refractivity contribution in [1.82, 2.24) is 0 Å². The lowest BCUT2D eigenvalue weighted by atomic mass is 9.76. The molecule has 0 saturated heterocycles. The highest BCUT2D eigenvalue weighted by molar-refractivity contribution is 7.85. The minimum absolute atomic E-state index is 0.0928. The van der Waals surface area contributed by atoms with Gasteiger partial charge in [0.15, 0.2) is 0 Å². The summed E-state index contributed by atoms with van der Waals surface area (Å²) in [6.07, 6.45) is 0.592. The standard InChI is InChI=1S/C20H27F3O6S/c1-3-19(2,15-7-5-4-6-8-15)29-17-13-14(9-10-16(17)20(21,22)23)18(24)28-11-12-30(25,26)27/h9-10,13,15H,3-8,11-12H2,1-2H3,(H,25,26,27)/p-1. The van der Waals surface area contributed by atoms with E-state index in [-0.39, 0.29) is 11.5 Å². The zero-order valence-electron chi connectivity index (χ0n) is 17.0. The highest BCUT2D eigenvalue weighted by atomic mass is 32.2. The molecule has 1 unspecified atom stereocenters. The van der Waals surface area contributed by atoms with Crippen molar-refractivity contribution < 1.29 is 40.4 Å². The van der Waals surface area contributed by atoms with Crippen LogP contribution in [0, 0.1) is 5.92 Å². The molecule has 0 aliphatic heterocycles. The molecule has 170 valence electrons. The van der Waals surface area contributed by atoms with Crippen LogP contribution in [0.25, 0.3) is 0 Å². The second kappa shape index (κ2) is 9.55. The molecular formula is C20H26F3O6S-. The summed E-state index contributed by atoms with van der Waals surface area (Å²) in [5.41, 5.74) is -2.06. The molecule has 1 aromatic rings. The van der Waals surface area contributed by atoms with Crippen molar-refractivity contribution in [2.45, 2.75) is 64.1 Å². The number of halogens is 3. The first kappa shape index (κ1) is 24.5. The van der Waals surface area contributed by atoms with Gasteiger partial charge in [0.2, 0.25) is 0 Å². The fourth-order valence-electron chi connectivity index (χ4n) is 3.70. The Morgan fingerprint density at radius 1 is 1.20 bits per heavy atom. The van der Waals surface area contributed by atoms with Gasteiger partial charge in [-0.3, -0.25) is 0 Å². The monoisotopic (exact) mass is 451 g/mol. The van der Waals surface area contributed by atoms with E-state index in [9.17, 15) is 30.9 Å². The van der Waals surface area contributed by atoms with Crippen LogP contribution in [0.5, 0.6) is 5.75 Å². The van der Waals surface area contributed by atoms with Gasteiger partial charge < -0.3 is 14.0 Å². The molecule has 1 fully saturated rings. The second-order valence-corrected chi connectivity index (χ2v) is 9.23. The van der Waals surface area contributed by atoms with Crippen molar-refractivity contribution in [3.8, 4) is 5.75 Å². The van der Waals surface area contributed by atoms with Gasteiger partial charge in [-0.2, -0.15) is 13.2 Å². The Balaban J connectivity index is 2.30. The van der Waals surface area contributed by atoms with Crippen LogP contribution in [0.2, 0.25) is 0 Å². The van der Waals surface area contributed by atoms with E-state index in [4.69, 9.17) is 9.47 Å². The smallest absolute Gasteiger partial charge is 0.419 e. The Morgan fingerprint density at radius 3 is 2.37 bits per heavy atom. The van der Waals surface area contributed by atoms with Crippen molar-refractivity contribution in [1.29, 1.82) is 0 Å². The average Bonchev–Trinajstić information content (AvgIpc) is 2.66. The fraction of sp³-hybridized carbons (Fsp3) is 0.650. The third-order valence-electron chi connectivity index (χ3n) is 5.60. The molecule has 1 saturated carbocycles. The Labute approximate surface area is 174 Å². The molecule has 0 amide bonds. The molecule has 0 radical (unpaired) electrons. The van der Waals surface area contributed by atoms with Crippen LogP contribution in [0.3, 0.4) is 0 Å². The number of carbonyl (C=O) groups excluding carboxylic acids is 1. The molecular weight excluding hydrogens is 425 g/mol. The Bertz CT molecular complexity index is 847. The molecule has 0 N–H and O–H groups in total. The number of rotatable bonds is 8. The summed E-state index contributed by atoms with van der Waals surface area (Å²) in [5.74, 6) is -2.33. The van der Waals surface area contributed by atoms with Gasteiger partial charge in [0, 0.05) is 0 Å². The normalized spacial score (nSPS) is 17.9. The summed E-state index contributed by atoms with van der Waals surface area (Å²) in [7, 11) is -4.58. The van der Waals surface area contributed by atoms with Gasteiger partial charge in [-0.15, -0.1) is 0 Å². The number of benzene rings is 1. The number of esters is 1. The number of carbonyl (C=O) groups is 1. The SMILES string of the molecule is CCC(C)(Oc1cc(C(=O)OCCS(=O)(=O)[O-])ccc1C(F)(F)F)C1CCCCC1. The summed E-state index contributed by atoms with van der Waals surface area (Å²) in [5, 5.41) is 0. The predicted molar refractivity (Wildman–Crippen MR) is 102 cm³/mol. The van der Waals surface area contributed by atoms with E-state index in [0.29, 0.717) is 6.42 Å². The molecule has 0 spiro atoms. The van der Waals surface area contributed by atoms with E-state index >= 15 is 0 Å². The van der Waals surface area contributed by atoms with Crippen LogP contribution in [-0.2, 0) is 21.0 Å². The molecule has 0 aromatic heterocycles. The lowest BCUT2D eigenvalue weighted by molar-refractivity contribution is -0.140. The summed E-state index contributed by atoms with van der Waals surface area (Å²) in [6, 6.07) is 2.65. The van der Waals surface area contributed by atoms with Crippen molar-refractivity contribution in [2.24, 2.45) is 5.92 Å². The molecule has 1 aromatic carbocycles. The summed E-state index contributed by atoms with van der Waals surface area (Å²) >= 11 is 0.